The Balaban J connectivity index is 1.88. The summed E-state index contributed by atoms with van der Waals surface area (Å²) < 4.78 is 5.29. The van der Waals surface area contributed by atoms with E-state index in [1.54, 1.807) is 11.8 Å². The fourth-order valence-corrected chi connectivity index (χ4v) is 3.49. The molecule has 2 aromatic rings. The molecule has 2 aromatic carbocycles. The summed E-state index contributed by atoms with van der Waals surface area (Å²) in [5, 5.41) is 5.37. The van der Waals surface area contributed by atoms with Gasteiger partial charge in [0.1, 0.15) is 11.7 Å². The number of hydrogen-bond donors (Lipinski definition) is 1. The molecule has 3 rings (SSSR count). The van der Waals surface area contributed by atoms with E-state index in [4.69, 9.17) is 4.74 Å². The number of benzene rings is 2. The Hall–Kier alpha value is -2.27. The molecular formula is C18H18N2O2S. The van der Waals surface area contributed by atoms with Gasteiger partial charge in [-0.2, -0.15) is 5.10 Å². The van der Waals surface area contributed by atoms with Crippen LogP contribution in [0.15, 0.2) is 59.7 Å². The largest absolute Gasteiger partial charge is 0.462 e. The molecule has 0 aliphatic carbocycles. The van der Waals surface area contributed by atoms with Crippen LogP contribution in [-0.4, -0.2) is 17.6 Å². The lowest BCUT2D eigenvalue weighted by molar-refractivity contribution is -0.142. The summed E-state index contributed by atoms with van der Waals surface area (Å²) in [6, 6.07) is 18.2. The van der Waals surface area contributed by atoms with Crippen LogP contribution in [0.5, 0.6) is 0 Å². The zero-order valence-electron chi connectivity index (χ0n) is 13.1. The van der Waals surface area contributed by atoms with Crippen molar-refractivity contribution in [2.45, 2.75) is 18.7 Å². The minimum atomic E-state index is -0.590. The van der Waals surface area contributed by atoms with Gasteiger partial charge >= 0.3 is 5.97 Å². The summed E-state index contributed by atoms with van der Waals surface area (Å²) in [4.78, 5) is 10.7. The Morgan fingerprint density at radius 3 is 2.52 bits per heavy atom. The van der Waals surface area contributed by atoms with E-state index in [1.165, 1.54) is 12.5 Å². The fraction of sp³-hybridized carbons (Fsp3) is 0.222. The molecule has 1 atom stereocenters. The summed E-state index contributed by atoms with van der Waals surface area (Å²) in [6.07, 6.45) is 0. The highest BCUT2D eigenvalue weighted by Gasteiger charge is 2.40. The fourth-order valence-electron chi connectivity index (χ4n) is 2.35. The van der Waals surface area contributed by atoms with Crippen LogP contribution >= 0.6 is 11.8 Å². The van der Waals surface area contributed by atoms with Crippen molar-refractivity contribution < 1.29 is 9.53 Å². The Morgan fingerprint density at radius 2 is 1.87 bits per heavy atom. The number of thioether (sulfide) groups is 1. The highest BCUT2D eigenvalue weighted by molar-refractivity contribution is 8.15. The summed E-state index contributed by atoms with van der Waals surface area (Å²) in [6.45, 7) is 3.69. The van der Waals surface area contributed by atoms with E-state index in [0.717, 1.165) is 16.2 Å². The topological polar surface area (TPSA) is 50.7 Å². The number of esters is 1. The molecule has 0 saturated heterocycles. The van der Waals surface area contributed by atoms with Gasteiger partial charge in [0.05, 0.1) is 0 Å². The van der Waals surface area contributed by atoms with Crippen molar-refractivity contribution in [3.63, 3.8) is 0 Å². The molecule has 0 spiro atoms. The van der Waals surface area contributed by atoms with Crippen LogP contribution in [0.25, 0.3) is 0 Å². The van der Waals surface area contributed by atoms with Gasteiger partial charge in [-0.05, 0) is 12.5 Å². The van der Waals surface area contributed by atoms with Crippen molar-refractivity contribution in [2.75, 3.05) is 6.61 Å². The second-order valence-corrected chi connectivity index (χ2v) is 6.76. The Morgan fingerprint density at radius 1 is 1.17 bits per heavy atom. The van der Waals surface area contributed by atoms with Crippen LogP contribution in [0.1, 0.15) is 23.6 Å². The number of hydrogen-bond acceptors (Lipinski definition) is 5. The standard InChI is InChI=1S/C18H18N2O2S/c1-13-8-10-15(11-9-13)17-19-20-18(23-17,12-22-14(2)21)16-6-4-3-5-7-16/h3-11,20H,12H2,1-2H3. The summed E-state index contributed by atoms with van der Waals surface area (Å²) in [5.41, 5.74) is 6.46. The third kappa shape index (κ3) is 3.40. The molecule has 23 heavy (non-hydrogen) atoms. The van der Waals surface area contributed by atoms with E-state index < -0.39 is 4.87 Å². The molecule has 0 radical (unpaired) electrons. The molecule has 1 aliphatic rings. The van der Waals surface area contributed by atoms with E-state index in [1.807, 2.05) is 30.3 Å². The van der Waals surface area contributed by atoms with Crippen LogP contribution in [0.4, 0.5) is 0 Å². The van der Waals surface area contributed by atoms with Gasteiger partial charge in [-0.1, -0.05) is 71.9 Å². The molecule has 0 saturated carbocycles. The lowest BCUT2D eigenvalue weighted by atomic mass is 10.1. The van der Waals surface area contributed by atoms with Crippen LogP contribution in [0.3, 0.4) is 0 Å². The first-order chi connectivity index (χ1) is 11.1. The van der Waals surface area contributed by atoms with Crippen molar-refractivity contribution >= 4 is 22.8 Å². The second-order valence-electron chi connectivity index (χ2n) is 5.47. The Kier molecular flexibility index (Phi) is 4.39. The van der Waals surface area contributed by atoms with Gasteiger partial charge in [0.15, 0.2) is 4.87 Å². The third-order valence-corrected chi connectivity index (χ3v) is 4.94. The average Bonchev–Trinajstić information content (AvgIpc) is 3.00. The third-order valence-electron chi connectivity index (χ3n) is 3.63. The molecule has 5 heteroatoms. The zero-order chi connectivity index (χ0) is 16.3. The molecule has 0 fully saturated rings. The SMILES string of the molecule is CC(=O)OCC1(c2ccccc2)NN=C(c2ccc(C)cc2)S1. The second kappa shape index (κ2) is 6.46. The van der Waals surface area contributed by atoms with Crippen LogP contribution in [-0.2, 0) is 14.4 Å². The summed E-state index contributed by atoms with van der Waals surface area (Å²) in [5.74, 6) is -0.300. The summed E-state index contributed by atoms with van der Waals surface area (Å²) >= 11 is 1.57. The number of carbonyl (C=O) groups is 1. The van der Waals surface area contributed by atoms with Crippen molar-refractivity contribution in [1.29, 1.82) is 0 Å². The minimum absolute atomic E-state index is 0.218. The summed E-state index contributed by atoms with van der Waals surface area (Å²) in [7, 11) is 0. The molecule has 0 amide bonds. The molecule has 0 bridgehead atoms. The average molecular weight is 326 g/mol. The number of nitrogens with one attached hydrogen (secondary N) is 1. The molecule has 0 aromatic heterocycles. The molecule has 1 heterocycles. The van der Waals surface area contributed by atoms with Crippen LogP contribution in [0.2, 0.25) is 0 Å². The lowest BCUT2D eigenvalue weighted by Crippen LogP contribution is -2.38. The monoisotopic (exact) mass is 326 g/mol. The van der Waals surface area contributed by atoms with E-state index in [-0.39, 0.29) is 12.6 Å². The zero-order valence-corrected chi connectivity index (χ0v) is 13.9. The minimum Gasteiger partial charge on any atom is -0.462 e. The van der Waals surface area contributed by atoms with E-state index in [2.05, 4.69) is 41.7 Å². The number of rotatable bonds is 4. The van der Waals surface area contributed by atoms with Gasteiger partial charge in [-0.3, -0.25) is 10.2 Å². The van der Waals surface area contributed by atoms with Crippen molar-refractivity contribution in [3.05, 3.63) is 71.3 Å². The lowest BCUT2D eigenvalue weighted by Gasteiger charge is -2.27. The van der Waals surface area contributed by atoms with Crippen LogP contribution in [0, 0.1) is 6.92 Å². The highest BCUT2D eigenvalue weighted by Crippen LogP contribution is 2.40. The van der Waals surface area contributed by atoms with Gasteiger partial charge in [-0.25, -0.2) is 0 Å². The van der Waals surface area contributed by atoms with Gasteiger partial charge in [0.25, 0.3) is 0 Å². The maximum atomic E-state index is 11.3. The first-order valence-corrected chi connectivity index (χ1v) is 8.20. The first-order valence-electron chi connectivity index (χ1n) is 7.39. The quantitative estimate of drug-likeness (QED) is 0.875. The molecule has 4 nitrogen and oxygen atoms in total. The molecule has 1 N–H and O–H groups in total. The van der Waals surface area contributed by atoms with Gasteiger partial charge < -0.3 is 4.74 Å². The Labute approximate surface area is 139 Å². The van der Waals surface area contributed by atoms with Crippen molar-refractivity contribution in [3.8, 4) is 0 Å². The van der Waals surface area contributed by atoms with E-state index in [0.29, 0.717) is 0 Å². The van der Waals surface area contributed by atoms with Gasteiger partial charge in [0, 0.05) is 12.5 Å². The molecular weight excluding hydrogens is 308 g/mol. The molecule has 1 unspecified atom stereocenters. The molecule has 1 aliphatic heterocycles. The van der Waals surface area contributed by atoms with E-state index >= 15 is 0 Å². The molecule has 118 valence electrons. The number of aryl methyl sites for hydroxylation is 1. The van der Waals surface area contributed by atoms with Gasteiger partial charge in [0.2, 0.25) is 0 Å². The number of carbonyl (C=O) groups excluding carboxylic acids is 1. The number of ether oxygens (including phenoxy) is 1. The van der Waals surface area contributed by atoms with E-state index in [9.17, 15) is 4.79 Å². The number of hydrazone groups is 1. The first kappa shape index (κ1) is 15.6. The predicted molar refractivity (Wildman–Crippen MR) is 93.2 cm³/mol. The van der Waals surface area contributed by atoms with Gasteiger partial charge in [-0.15, -0.1) is 0 Å². The highest BCUT2D eigenvalue weighted by atomic mass is 32.2. The number of nitrogens with zero attached hydrogens (tertiary/aromatic N) is 1. The predicted octanol–water partition coefficient (Wildman–Crippen LogP) is 3.41. The van der Waals surface area contributed by atoms with Crippen molar-refractivity contribution in [2.24, 2.45) is 5.10 Å². The van der Waals surface area contributed by atoms with Crippen LogP contribution < -0.4 is 5.43 Å². The van der Waals surface area contributed by atoms with Crippen molar-refractivity contribution in [1.82, 2.24) is 5.43 Å². The maximum absolute atomic E-state index is 11.3. The Bertz CT molecular complexity index is 728. The normalized spacial score (nSPS) is 19.8. The maximum Gasteiger partial charge on any atom is 0.302 e. The smallest absolute Gasteiger partial charge is 0.302 e.